The molecule has 1 aromatic heterocycles. The van der Waals surface area contributed by atoms with Crippen LogP contribution in [-0.4, -0.2) is 23.7 Å². The van der Waals surface area contributed by atoms with Crippen LogP contribution < -0.4 is 4.74 Å². The van der Waals surface area contributed by atoms with Gasteiger partial charge in [-0.1, -0.05) is 23.2 Å². The molecule has 0 bridgehead atoms. The molecule has 0 spiro atoms. The van der Waals surface area contributed by atoms with Gasteiger partial charge in [0.15, 0.2) is 5.82 Å². The van der Waals surface area contributed by atoms with Gasteiger partial charge < -0.3 is 9.47 Å². The van der Waals surface area contributed by atoms with Gasteiger partial charge in [0.25, 0.3) is 0 Å². The molecule has 0 N–H and O–H groups in total. The van der Waals surface area contributed by atoms with Gasteiger partial charge in [0.2, 0.25) is 0 Å². The summed E-state index contributed by atoms with van der Waals surface area (Å²) in [5.74, 6) is 1.20. The predicted octanol–water partition coefficient (Wildman–Crippen LogP) is 4.00. The summed E-state index contributed by atoms with van der Waals surface area (Å²) >= 11 is 12.1. The number of rotatable bonds is 5. The van der Waals surface area contributed by atoms with Crippen molar-refractivity contribution in [2.45, 2.75) is 13.5 Å². The van der Waals surface area contributed by atoms with E-state index >= 15 is 0 Å². The van der Waals surface area contributed by atoms with Gasteiger partial charge in [0, 0.05) is 23.3 Å². The third kappa shape index (κ3) is 3.60. The van der Waals surface area contributed by atoms with E-state index in [0.717, 1.165) is 5.56 Å². The van der Waals surface area contributed by atoms with Crippen LogP contribution >= 0.6 is 23.2 Å². The Balaban J connectivity index is 2.46. The fourth-order valence-corrected chi connectivity index (χ4v) is 2.11. The Morgan fingerprint density at radius 2 is 1.95 bits per heavy atom. The molecular formula is C14H14Cl2N2O2. The first-order valence-electron chi connectivity index (χ1n) is 6.09. The van der Waals surface area contributed by atoms with Crippen molar-refractivity contribution in [2.75, 3.05) is 13.7 Å². The Bertz CT molecular complexity index is 606. The second-order valence-corrected chi connectivity index (χ2v) is 4.80. The summed E-state index contributed by atoms with van der Waals surface area (Å²) in [5, 5.41) is 0.952. The van der Waals surface area contributed by atoms with Crippen molar-refractivity contribution in [3.63, 3.8) is 0 Å². The number of ether oxygens (including phenoxy) is 2. The molecule has 0 saturated carbocycles. The lowest BCUT2D eigenvalue weighted by Gasteiger charge is -2.10. The lowest BCUT2D eigenvalue weighted by atomic mass is 10.1. The number of halogens is 2. The van der Waals surface area contributed by atoms with E-state index in [0.29, 0.717) is 40.7 Å². The van der Waals surface area contributed by atoms with Gasteiger partial charge >= 0.3 is 0 Å². The van der Waals surface area contributed by atoms with Crippen LogP contribution in [0.1, 0.15) is 12.7 Å². The lowest BCUT2D eigenvalue weighted by Crippen LogP contribution is -2.01. The molecule has 20 heavy (non-hydrogen) atoms. The van der Waals surface area contributed by atoms with Gasteiger partial charge in [-0.15, -0.1) is 0 Å². The minimum absolute atomic E-state index is 0.312. The Morgan fingerprint density at radius 3 is 2.65 bits per heavy atom. The van der Waals surface area contributed by atoms with E-state index in [9.17, 15) is 0 Å². The molecule has 0 radical (unpaired) electrons. The van der Waals surface area contributed by atoms with Crippen LogP contribution in [-0.2, 0) is 11.3 Å². The summed E-state index contributed by atoms with van der Waals surface area (Å²) in [4.78, 5) is 8.56. The van der Waals surface area contributed by atoms with Gasteiger partial charge in [0.1, 0.15) is 17.5 Å². The maximum Gasteiger partial charge on any atom is 0.156 e. The van der Waals surface area contributed by atoms with Crippen molar-refractivity contribution in [1.29, 1.82) is 0 Å². The normalized spacial score (nSPS) is 10.6. The first-order chi connectivity index (χ1) is 9.63. The summed E-state index contributed by atoms with van der Waals surface area (Å²) in [5.41, 5.74) is 1.42. The molecule has 0 unspecified atom stereocenters. The predicted molar refractivity (Wildman–Crippen MR) is 79.4 cm³/mol. The van der Waals surface area contributed by atoms with Crippen LogP contribution in [0.5, 0.6) is 5.75 Å². The van der Waals surface area contributed by atoms with Crippen LogP contribution in [0.2, 0.25) is 10.2 Å². The van der Waals surface area contributed by atoms with E-state index in [2.05, 4.69) is 9.97 Å². The molecule has 0 saturated heterocycles. The van der Waals surface area contributed by atoms with Crippen molar-refractivity contribution in [2.24, 2.45) is 0 Å². The molecule has 0 amide bonds. The molecule has 2 aromatic rings. The molecule has 0 aliphatic rings. The molecule has 0 atom stereocenters. The van der Waals surface area contributed by atoms with E-state index in [4.69, 9.17) is 32.7 Å². The summed E-state index contributed by atoms with van der Waals surface area (Å²) in [7, 11) is 1.59. The third-order valence-electron chi connectivity index (χ3n) is 2.61. The molecule has 6 heteroatoms. The molecular weight excluding hydrogens is 299 g/mol. The van der Waals surface area contributed by atoms with Crippen LogP contribution in [0.3, 0.4) is 0 Å². The lowest BCUT2D eigenvalue weighted by molar-refractivity contribution is 0.128. The molecule has 4 nitrogen and oxygen atoms in total. The van der Waals surface area contributed by atoms with Gasteiger partial charge in [-0.25, -0.2) is 9.97 Å². The average Bonchev–Trinajstić information content (AvgIpc) is 2.44. The minimum atomic E-state index is 0.312. The highest BCUT2D eigenvalue weighted by Gasteiger charge is 2.11. The van der Waals surface area contributed by atoms with E-state index < -0.39 is 0 Å². The molecule has 0 fully saturated rings. The number of nitrogens with zero attached hydrogens (tertiary/aromatic N) is 2. The fourth-order valence-electron chi connectivity index (χ4n) is 1.74. The fraction of sp³-hybridized carbons (Fsp3) is 0.286. The molecule has 1 heterocycles. The molecule has 106 valence electrons. The standard InChI is InChI=1S/C14H14Cl2N2O2/c1-3-20-8-14-17-11(7-13(16)18-14)10-6-9(15)4-5-12(10)19-2/h4-7H,3,8H2,1-2H3. The van der Waals surface area contributed by atoms with E-state index in [1.54, 1.807) is 31.4 Å². The highest BCUT2D eigenvalue weighted by molar-refractivity contribution is 6.31. The van der Waals surface area contributed by atoms with Crippen LogP contribution in [0.4, 0.5) is 0 Å². The third-order valence-corrected chi connectivity index (χ3v) is 3.04. The zero-order valence-corrected chi connectivity index (χ0v) is 12.7. The molecule has 2 rings (SSSR count). The van der Waals surface area contributed by atoms with Crippen LogP contribution in [0.15, 0.2) is 24.3 Å². The molecule has 1 aromatic carbocycles. The summed E-state index contributed by atoms with van der Waals surface area (Å²) in [6, 6.07) is 7.00. The van der Waals surface area contributed by atoms with Crippen molar-refractivity contribution in [3.8, 4) is 17.0 Å². The SMILES string of the molecule is CCOCc1nc(Cl)cc(-c2cc(Cl)ccc2OC)n1. The van der Waals surface area contributed by atoms with Crippen molar-refractivity contribution in [1.82, 2.24) is 9.97 Å². The molecule has 0 aliphatic carbocycles. The average molecular weight is 313 g/mol. The van der Waals surface area contributed by atoms with E-state index in [-0.39, 0.29) is 0 Å². The minimum Gasteiger partial charge on any atom is -0.496 e. The Labute approximate surface area is 127 Å². The van der Waals surface area contributed by atoms with Gasteiger partial charge in [-0.2, -0.15) is 0 Å². The maximum absolute atomic E-state index is 6.03. The van der Waals surface area contributed by atoms with Crippen LogP contribution in [0.25, 0.3) is 11.3 Å². The van der Waals surface area contributed by atoms with E-state index in [1.165, 1.54) is 0 Å². The maximum atomic E-state index is 6.03. The first kappa shape index (κ1) is 15.0. The van der Waals surface area contributed by atoms with Crippen molar-refractivity contribution in [3.05, 3.63) is 40.3 Å². The smallest absolute Gasteiger partial charge is 0.156 e. The largest absolute Gasteiger partial charge is 0.496 e. The summed E-state index contributed by atoms with van der Waals surface area (Å²) in [6.45, 7) is 2.81. The number of methoxy groups -OCH3 is 1. The van der Waals surface area contributed by atoms with Gasteiger partial charge in [-0.05, 0) is 25.1 Å². The van der Waals surface area contributed by atoms with Crippen LogP contribution in [0, 0.1) is 0 Å². The van der Waals surface area contributed by atoms with Gasteiger partial charge in [0.05, 0.1) is 12.8 Å². The Hall–Kier alpha value is -1.36. The number of hydrogen-bond donors (Lipinski definition) is 0. The second kappa shape index (κ2) is 6.88. The topological polar surface area (TPSA) is 44.2 Å². The highest BCUT2D eigenvalue weighted by Crippen LogP contribution is 2.32. The second-order valence-electron chi connectivity index (χ2n) is 3.97. The first-order valence-corrected chi connectivity index (χ1v) is 6.84. The Morgan fingerprint density at radius 1 is 1.15 bits per heavy atom. The monoisotopic (exact) mass is 312 g/mol. The van der Waals surface area contributed by atoms with Crippen molar-refractivity contribution < 1.29 is 9.47 Å². The zero-order valence-electron chi connectivity index (χ0n) is 11.2. The quantitative estimate of drug-likeness (QED) is 0.783. The molecule has 0 aliphatic heterocycles. The van der Waals surface area contributed by atoms with Crippen molar-refractivity contribution >= 4 is 23.2 Å². The summed E-state index contributed by atoms with van der Waals surface area (Å²) < 4.78 is 10.6. The summed E-state index contributed by atoms with van der Waals surface area (Å²) in [6.07, 6.45) is 0. The number of benzene rings is 1. The number of hydrogen-bond acceptors (Lipinski definition) is 4. The van der Waals surface area contributed by atoms with E-state index in [1.807, 2.05) is 6.92 Å². The van der Waals surface area contributed by atoms with Gasteiger partial charge in [-0.3, -0.25) is 0 Å². The number of aromatic nitrogens is 2. The Kier molecular flexibility index (Phi) is 5.17. The zero-order chi connectivity index (χ0) is 14.5. The highest BCUT2D eigenvalue weighted by atomic mass is 35.5.